The molecule has 0 bridgehead atoms. The lowest BCUT2D eigenvalue weighted by Gasteiger charge is -1.98. The van der Waals surface area contributed by atoms with E-state index >= 15 is 0 Å². The third-order valence-electron chi connectivity index (χ3n) is 2.30. The Morgan fingerprint density at radius 1 is 1.31 bits per heavy atom. The second kappa shape index (κ2) is 4.65. The Hall–Kier alpha value is -0.710. The van der Waals surface area contributed by atoms with Crippen LogP contribution >= 0.6 is 27.3 Å². The Balaban J connectivity index is 2.41. The maximum atomic E-state index is 9.57. The molecule has 1 atom stereocenters. The van der Waals surface area contributed by atoms with E-state index in [0.717, 1.165) is 25.6 Å². The molecule has 4 heteroatoms. The summed E-state index contributed by atoms with van der Waals surface area (Å²) in [5.74, 6) is 0. The largest absolute Gasteiger partial charge is 0.388 e. The van der Waals surface area contributed by atoms with E-state index in [-0.39, 0.29) is 0 Å². The first-order chi connectivity index (χ1) is 7.58. The van der Waals surface area contributed by atoms with Crippen molar-refractivity contribution in [3.8, 4) is 10.6 Å². The average molecular weight is 298 g/mol. The molecule has 0 unspecified atom stereocenters. The first kappa shape index (κ1) is 11.8. The summed E-state index contributed by atoms with van der Waals surface area (Å²) in [6, 6.07) is 8.03. The highest BCUT2D eigenvalue weighted by molar-refractivity contribution is 9.10. The van der Waals surface area contributed by atoms with E-state index in [1.54, 1.807) is 18.3 Å². The number of nitrogens with zero attached hydrogens (tertiary/aromatic N) is 1. The number of aromatic nitrogens is 1. The molecule has 1 N–H and O–H groups in total. The number of aliphatic hydroxyl groups is 1. The Morgan fingerprint density at radius 3 is 2.44 bits per heavy atom. The van der Waals surface area contributed by atoms with Gasteiger partial charge >= 0.3 is 0 Å². The van der Waals surface area contributed by atoms with Gasteiger partial charge in [0.05, 0.1) is 16.7 Å². The highest BCUT2D eigenvalue weighted by atomic mass is 79.9. The summed E-state index contributed by atoms with van der Waals surface area (Å²) in [5.41, 5.74) is 2.00. The van der Waals surface area contributed by atoms with Gasteiger partial charge in [0.25, 0.3) is 0 Å². The first-order valence-corrected chi connectivity index (χ1v) is 6.60. The van der Waals surface area contributed by atoms with Crippen molar-refractivity contribution in [2.75, 3.05) is 0 Å². The molecule has 2 rings (SSSR count). The first-order valence-electron chi connectivity index (χ1n) is 4.99. The third kappa shape index (κ3) is 2.34. The zero-order chi connectivity index (χ0) is 11.7. The maximum Gasteiger partial charge on any atom is 0.123 e. The minimum atomic E-state index is -0.443. The van der Waals surface area contributed by atoms with Crippen molar-refractivity contribution >= 4 is 27.3 Å². The van der Waals surface area contributed by atoms with E-state index in [9.17, 15) is 5.11 Å². The Labute approximate surface area is 107 Å². The van der Waals surface area contributed by atoms with Crippen LogP contribution in [-0.4, -0.2) is 10.1 Å². The van der Waals surface area contributed by atoms with Crippen molar-refractivity contribution in [2.24, 2.45) is 0 Å². The van der Waals surface area contributed by atoms with E-state index in [1.165, 1.54) is 0 Å². The van der Waals surface area contributed by atoms with Gasteiger partial charge in [0, 0.05) is 10.0 Å². The molecule has 0 aliphatic carbocycles. The van der Waals surface area contributed by atoms with Gasteiger partial charge in [-0.1, -0.05) is 28.1 Å². The van der Waals surface area contributed by atoms with Crippen LogP contribution in [0.5, 0.6) is 0 Å². The van der Waals surface area contributed by atoms with Crippen LogP contribution < -0.4 is 0 Å². The Bertz CT molecular complexity index is 490. The molecule has 1 heterocycles. The number of thiazole rings is 1. The lowest BCUT2D eigenvalue weighted by Crippen LogP contribution is -1.88. The average Bonchev–Trinajstić information content (AvgIpc) is 2.61. The summed E-state index contributed by atoms with van der Waals surface area (Å²) in [6.07, 6.45) is -0.443. The summed E-state index contributed by atoms with van der Waals surface area (Å²) >= 11 is 4.95. The number of aryl methyl sites for hydroxylation is 1. The minimum Gasteiger partial charge on any atom is -0.388 e. The van der Waals surface area contributed by atoms with Crippen LogP contribution in [0, 0.1) is 6.92 Å². The van der Waals surface area contributed by atoms with Crippen LogP contribution in [0.15, 0.2) is 28.7 Å². The molecule has 16 heavy (non-hydrogen) atoms. The molecule has 0 radical (unpaired) electrons. The van der Waals surface area contributed by atoms with Gasteiger partial charge in [0.1, 0.15) is 5.01 Å². The van der Waals surface area contributed by atoms with Crippen LogP contribution in [0.1, 0.15) is 23.6 Å². The topological polar surface area (TPSA) is 33.1 Å². The molecular weight excluding hydrogens is 286 g/mol. The molecule has 0 aliphatic heterocycles. The summed E-state index contributed by atoms with van der Waals surface area (Å²) in [5, 5.41) is 10.5. The second-order valence-corrected chi connectivity index (χ2v) is 5.60. The SMILES string of the molecule is Cc1nc(-c2ccc(Br)cc2)sc1[C@H](C)O. The van der Waals surface area contributed by atoms with Gasteiger partial charge in [-0.3, -0.25) is 0 Å². The lowest BCUT2D eigenvalue weighted by atomic mass is 10.2. The molecule has 0 spiro atoms. The number of aliphatic hydroxyl groups excluding tert-OH is 1. The zero-order valence-corrected chi connectivity index (χ0v) is 11.5. The molecule has 1 aromatic heterocycles. The van der Waals surface area contributed by atoms with Gasteiger partial charge in [0.15, 0.2) is 0 Å². The monoisotopic (exact) mass is 297 g/mol. The molecule has 0 fully saturated rings. The number of hydrogen-bond acceptors (Lipinski definition) is 3. The molecule has 0 saturated carbocycles. The van der Waals surface area contributed by atoms with Crippen molar-refractivity contribution in [1.29, 1.82) is 0 Å². The summed E-state index contributed by atoms with van der Waals surface area (Å²) in [6.45, 7) is 3.70. The van der Waals surface area contributed by atoms with Gasteiger partial charge in [0.2, 0.25) is 0 Å². The van der Waals surface area contributed by atoms with Crippen LogP contribution in [0.3, 0.4) is 0 Å². The van der Waals surface area contributed by atoms with Gasteiger partial charge in [-0.2, -0.15) is 0 Å². The van der Waals surface area contributed by atoms with E-state index in [1.807, 2.05) is 31.2 Å². The zero-order valence-electron chi connectivity index (χ0n) is 9.07. The van der Waals surface area contributed by atoms with E-state index in [2.05, 4.69) is 20.9 Å². The van der Waals surface area contributed by atoms with Crippen LogP contribution in [0.4, 0.5) is 0 Å². The van der Waals surface area contributed by atoms with E-state index < -0.39 is 6.10 Å². The van der Waals surface area contributed by atoms with Gasteiger partial charge in [-0.25, -0.2) is 4.98 Å². The number of hydrogen-bond donors (Lipinski definition) is 1. The Morgan fingerprint density at radius 2 is 1.94 bits per heavy atom. The quantitative estimate of drug-likeness (QED) is 0.911. The fourth-order valence-corrected chi connectivity index (χ4v) is 2.78. The molecule has 2 aromatic rings. The van der Waals surface area contributed by atoms with E-state index in [4.69, 9.17) is 0 Å². The van der Waals surface area contributed by atoms with E-state index in [0.29, 0.717) is 0 Å². The standard InChI is InChI=1S/C12H12BrNOS/c1-7-11(8(2)15)16-12(14-7)9-3-5-10(13)6-4-9/h3-6,8,15H,1-2H3/t8-/m0/s1. The van der Waals surface area contributed by atoms with Crippen LogP contribution in [0.25, 0.3) is 10.6 Å². The molecule has 1 aromatic carbocycles. The highest BCUT2D eigenvalue weighted by Crippen LogP contribution is 2.31. The van der Waals surface area contributed by atoms with Crippen molar-refractivity contribution in [3.63, 3.8) is 0 Å². The predicted molar refractivity (Wildman–Crippen MR) is 70.6 cm³/mol. The molecular formula is C12H12BrNOS. The third-order valence-corrected chi connectivity index (χ3v) is 4.21. The highest BCUT2D eigenvalue weighted by Gasteiger charge is 2.12. The molecule has 84 valence electrons. The van der Waals surface area contributed by atoms with Crippen molar-refractivity contribution in [1.82, 2.24) is 4.98 Å². The fraction of sp³-hybridized carbons (Fsp3) is 0.250. The summed E-state index contributed by atoms with van der Waals surface area (Å²) in [4.78, 5) is 5.42. The molecule has 0 saturated heterocycles. The van der Waals surface area contributed by atoms with Crippen LogP contribution in [0.2, 0.25) is 0 Å². The smallest absolute Gasteiger partial charge is 0.123 e. The Kier molecular flexibility index (Phi) is 3.42. The molecule has 2 nitrogen and oxygen atoms in total. The van der Waals surface area contributed by atoms with Gasteiger partial charge < -0.3 is 5.11 Å². The fourth-order valence-electron chi connectivity index (χ4n) is 1.51. The van der Waals surface area contributed by atoms with Crippen LogP contribution in [-0.2, 0) is 0 Å². The predicted octanol–water partition coefficient (Wildman–Crippen LogP) is 3.93. The van der Waals surface area contributed by atoms with Crippen molar-refractivity contribution < 1.29 is 5.11 Å². The molecule has 0 aliphatic rings. The van der Waals surface area contributed by atoms with Gasteiger partial charge in [-0.05, 0) is 26.0 Å². The minimum absolute atomic E-state index is 0.443. The second-order valence-electron chi connectivity index (χ2n) is 3.65. The lowest BCUT2D eigenvalue weighted by molar-refractivity contribution is 0.202. The number of benzene rings is 1. The van der Waals surface area contributed by atoms with Crippen molar-refractivity contribution in [3.05, 3.63) is 39.3 Å². The van der Waals surface area contributed by atoms with Gasteiger partial charge in [-0.15, -0.1) is 11.3 Å². The normalized spacial score (nSPS) is 12.8. The summed E-state index contributed by atoms with van der Waals surface area (Å²) in [7, 11) is 0. The van der Waals surface area contributed by atoms with Crippen molar-refractivity contribution in [2.45, 2.75) is 20.0 Å². The molecule has 0 amide bonds. The maximum absolute atomic E-state index is 9.57. The number of rotatable bonds is 2. The summed E-state index contributed by atoms with van der Waals surface area (Å²) < 4.78 is 1.06. The number of halogens is 1.